The Morgan fingerprint density at radius 3 is 2.65 bits per heavy atom. The van der Waals surface area contributed by atoms with E-state index in [0.717, 1.165) is 22.4 Å². The van der Waals surface area contributed by atoms with Gasteiger partial charge in [0.2, 0.25) is 5.91 Å². The monoisotopic (exact) mass is 438 g/mol. The number of hydrogen-bond donors (Lipinski definition) is 1. The van der Waals surface area contributed by atoms with Crippen molar-refractivity contribution >= 4 is 23.4 Å². The van der Waals surface area contributed by atoms with E-state index in [1.165, 1.54) is 11.8 Å². The molecule has 0 saturated carbocycles. The Morgan fingerprint density at radius 2 is 1.94 bits per heavy atom. The second-order valence-electron chi connectivity index (χ2n) is 6.86. The Kier molecular flexibility index (Phi) is 7.36. The van der Waals surface area contributed by atoms with E-state index in [2.05, 4.69) is 22.1 Å². The molecule has 0 aliphatic rings. The molecule has 162 valence electrons. The number of benzene rings is 2. The maximum atomic E-state index is 12.5. The summed E-state index contributed by atoms with van der Waals surface area (Å²) in [5, 5.41) is 12.2. The van der Waals surface area contributed by atoms with E-state index in [-0.39, 0.29) is 11.7 Å². The molecule has 0 fully saturated rings. The van der Waals surface area contributed by atoms with E-state index >= 15 is 0 Å². The normalized spacial score (nSPS) is 10.6. The van der Waals surface area contributed by atoms with Crippen LogP contribution in [0.5, 0.6) is 11.5 Å². The van der Waals surface area contributed by atoms with Gasteiger partial charge < -0.3 is 14.8 Å². The summed E-state index contributed by atoms with van der Waals surface area (Å²) in [5.74, 6) is 2.03. The van der Waals surface area contributed by atoms with Crippen LogP contribution in [0.15, 0.2) is 54.2 Å². The molecule has 0 spiro atoms. The minimum Gasteiger partial charge on any atom is -0.493 e. The maximum absolute atomic E-state index is 12.5. The Balaban J connectivity index is 1.78. The predicted octanol–water partition coefficient (Wildman–Crippen LogP) is 4.50. The van der Waals surface area contributed by atoms with Crippen molar-refractivity contribution in [3.8, 4) is 22.9 Å². The minimum atomic E-state index is -0.0977. The fourth-order valence-corrected chi connectivity index (χ4v) is 3.83. The predicted molar refractivity (Wildman–Crippen MR) is 124 cm³/mol. The molecule has 8 heteroatoms. The van der Waals surface area contributed by atoms with Gasteiger partial charge in [-0.2, -0.15) is 0 Å². The Bertz CT molecular complexity index is 1090. The highest BCUT2D eigenvalue weighted by molar-refractivity contribution is 7.99. The first-order valence-corrected chi connectivity index (χ1v) is 10.7. The highest BCUT2D eigenvalue weighted by atomic mass is 32.2. The number of ether oxygens (including phenoxy) is 2. The zero-order valence-corrected chi connectivity index (χ0v) is 19.0. The lowest BCUT2D eigenvalue weighted by Crippen LogP contribution is -2.15. The molecule has 3 rings (SSSR count). The van der Waals surface area contributed by atoms with Gasteiger partial charge in [0.05, 0.1) is 20.0 Å². The Labute approximate surface area is 186 Å². The Morgan fingerprint density at radius 1 is 1.16 bits per heavy atom. The number of allylic oxidation sites excluding steroid dienone is 1. The summed E-state index contributed by atoms with van der Waals surface area (Å²) in [6.07, 6.45) is 1.77. The van der Waals surface area contributed by atoms with Crippen LogP contribution in [0.25, 0.3) is 11.4 Å². The van der Waals surface area contributed by atoms with Crippen LogP contribution in [-0.4, -0.2) is 40.6 Å². The van der Waals surface area contributed by atoms with Crippen molar-refractivity contribution in [2.24, 2.45) is 0 Å². The van der Waals surface area contributed by atoms with E-state index in [1.807, 2.05) is 54.8 Å². The van der Waals surface area contributed by atoms with E-state index in [1.54, 1.807) is 20.3 Å². The molecule has 2 aromatic carbocycles. The standard InChI is InChI=1S/C23H26N4O3S/c1-6-12-27-22(17-10-11-19(29-4)20(13-17)30-5)25-26-23(27)31-14-21(28)24-18-9-7-8-15(2)16(18)3/h6-11,13H,1,12,14H2,2-5H3,(H,24,28). The molecule has 3 aromatic rings. The number of aromatic nitrogens is 3. The van der Waals surface area contributed by atoms with Gasteiger partial charge in [-0.15, -0.1) is 16.8 Å². The summed E-state index contributed by atoms with van der Waals surface area (Å²) in [7, 11) is 3.18. The van der Waals surface area contributed by atoms with Crippen molar-refractivity contribution in [1.29, 1.82) is 0 Å². The zero-order chi connectivity index (χ0) is 22.4. The number of methoxy groups -OCH3 is 2. The van der Waals surface area contributed by atoms with Gasteiger partial charge in [-0.25, -0.2) is 0 Å². The second kappa shape index (κ2) is 10.2. The number of aryl methyl sites for hydroxylation is 1. The molecular formula is C23H26N4O3S. The smallest absolute Gasteiger partial charge is 0.234 e. The first-order chi connectivity index (χ1) is 15.0. The second-order valence-corrected chi connectivity index (χ2v) is 7.80. The molecule has 0 unspecified atom stereocenters. The molecule has 0 aliphatic carbocycles. The van der Waals surface area contributed by atoms with Crippen LogP contribution in [0.4, 0.5) is 5.69 Å². The molecule has 31 heavy (non-hydrogen) atoms. The van der Waals surface area contributed by atoms with Crippen LogP contribution in [-0.2, 0) is 11.3 Å². The van der Waals surface area contributed by atoms with Gasteiger partial charge in [0, 0.05) is 17.8 Å². The summed E-state index contributed by atoms with van der Waals surface area (Å²) >= 11 is 1.33. The third-order valence-electron chi connectivity index (χ3n) is 4.88. The molecule has 1 heterocycles. The lowest BCUT2D eigenvalue weighted by molar-refractivity contribution is -0.113. The van der Waals surface area contributed by atoms with Crippen molar-refractivity contribution in [1.82, 2.24) is 14.8 Å². The largest absolute Gasteiger partial charge is 0.493 e. The fourth-order valence-electron chi connectivity index (χ4n) is 3.08. The number of hydrogen-bond acceptors (Lipinski definition) is 6. The van der Waals surface area contributed by atoms with E-state index in [0.29, 0.717) is 29.0 Å². The SMILES string of the molecule is C=CCn1c(SCC(=O)Nc2cccc(C)c2C)nnc1-c1ccc(OC)c(OC)c1. The number of anilines is 1. The van der Waals surface area contributed by atoms with Gasteiger partial charge in [-0.1, -0.05) is 30.0 Å². The first kappa shape index (κ1) is 22.4. The summed E-state index contributed by atoms with van der Waals surface area (Å²) < 4.78 is 12.6. The van der Waals surface area contributed by atoms with Crippen LogP contribution in [0, 0.1) is 13.8 Å². The summed E-state index contributed by atoms with van der Waals surface area (Å²) in [5.41, 5.74) is 3.85. The summed E-state index contributed by atoms with van der Waals surface area (Å²) in [6, 6.07) is 11.4. The number of amides is 1. The van der Waals surface area contributed by atoms with Crippen LogP contribution >= 0.6 is 11.8 Å². The average molecular weight is 439 g/mol. The van der Waals surface area contributed by atoms with Crippen LogP contribution < -0.4 is 14.8 Å². The maximum Gasteiger partial charge on any atom is 0.234 e. The fraction of sp³-hybridized carbons (Fsp3) is 0.261. The summed E-state index contributed by atoms with van der Waals surface area (Å²) in [6.45, 7) is 8.36. The molecule has 7 nitrogen and oxygen atoms in total. The lowest BCUT2D eigenvalue weighted by Gasteiger charge is -2.12. The molecule has 1 N–H and O–H groups in total. The van der Waals surface area contributed by atoms with E-state index in [9.17, 15) is 4.79 Å². The van der Waals surface area contributed by atoms with Gasteiger partial charge in [-0.05, 0) is 49.2 Å². The van der Waals surface area contributed by atoms with E-state index in [4.69, 9.17) is 9.47 Å². The highest BCUT2D eigenvalue weighted by Gasteiger charge is 2.17. The minimum absolute atomic E-state index is 0.0977. The number of nitrogens with zero attached hydrogens (tertiary/aromatic N) is 3. The molecule has 0 saturated heterocycles. The van der Waals surface area contributed by atoms with Gasteiger partial charge in [0.15, 0.2) is 22.5 Å². The first-order valence-electron chi connectivity index (χ1n) is 9.73. The molecule has 0 atom stereocenters. The van der Waals surface area contributed by atoms with Gasteiger partial charge in [0.1, 0.15) is 0 Å². The average Bonchev–Trinajstić information content (AvgIpc) is 3.17. The van der Waals surface area contributed by atoms with E-state index < -0.39 is 0 Å². The topological polar surface area (TPSA) is 78.3 Å². The molecule has 1 amide bonds. The molecular weight excluding hydrogens is 412 g/mol. The molecule has 0 aliphatic heterocycles. The van der Waals surface area contributed by atoms with Crippen molar-refractivity contribution in [2.45, 2.75) is 25.5 Å². The van der Waals surface area contributed by atoms with Crippen LogP contribution in [0.1, 0.15) is 11.1 Å². The zero-order valence-electron chi connectivity index (χ0n) is 18.1. The number of nitrogens with one attached hydrogen (secondary N) is 1. The third kappa shape index (κ3) is 5.08. The lowest BCUT2D eigenvalue weighted by atomic mass is 10.1. The number of rotatable bonds is 9. The number of thioether (sulfide) groups is 1. The van der Waals surface area contributed by atoms with Gasteiger partial charge in [0.25, 0.3) is 0 Å². The van der Waals surface area contributed by atoms with Crippen molar-refractivity contribution in [2.75, 3.05) is 25.3 Å². The number of carbonyl (C=O) groups is 1. The van der Waals surface area contributed by atoms with Gasteiger partial charge >= 0.3 is 0 Å². The number of carbonyl (C=O) groups excluding carboxylic acids is 1. The van der Waals surface area contributed by atoms with Gasteiger partial charge in [-0.3, -0.25) is 9.36 Å². The van der Waals surface area contributed by atoms with Crippen LogP contribution in [0.3, 0.4) is 0 Å². The summed E-state index contributed by atoms with van der Waals surface area (Å²) in [4.78, 5) is 12.5. The highest BCUT2D eigenvalue weighted by Crippen LogP contribution is 2.33. The van der Waals surface area contributed by atoms with Crippen molar-refractivity contribution in [3.63, 3.8) is 0 Å². The third-order valence-corrected chi connectivity index (χ3v) is 5.85. The van der Waals surface area contributed by atoms with Crippen molar-refractivity contribution < 1.29 is 14.3 Å². The van der Waals surface area contributed by atoms with Crippen molar-refractivity contribution in [3.05, 3.63) is 60.2 Å². The Hall–Kier alpha value is -3.26. The molecule has 1 aromatic heterocycles. The molecule has 0 bridgehead atoms. The van der Waals surface area contributed by atoms with Crippen LogP contribution in [0.2, 0.25) is 0 Å². The molecule has 0 radical (unpaired) electrons. The quantitative estimate of drug-likeness (QED) is 0.392.